The second-order valence-corrected chi connectivity index (χ2v) is 5.60. The highest BCUT2D eigenvalue weighted by molar-refractivity contribution is 7.19. The monoisotopic (exact) mass is 263 g/mol. The maximum absolute atomic E-state index is 13.2. The lowest BCUT2D eigenvalue weighted by Crippen LogP contribution is -2.15. The van der Waals surface area contributed by atoms with E-state index < -0.39 is 0 Å². The Bertz CT molecular complexity index is 559. The fraction of sp³-hybridized carbons (Fsp3) is 0.333. The molecule has 1 nitrogen and oxygen atoms in total. The standard InChI is InChI=1S/C15H18FNS/c1-4-10(2)7-13(17-3)15-9-11-8-12(16)5-6-14(11)18-15/h5-6,8-9,13,17H,2,4,7H2,1,3H3. The molecule has 0 bridgehead atoms. The van der Waals surface area contributed by atoms with Gasteiger partial charge in [-0.2, -0.15) is 0 Å². The number of thiophene rings is 1. The maximum atomic E-state index is 13.2. The van der Waals surface area contributed by atoms with Gasteiger partial charge in [-0.05, 0) is 49.5 Å². The van der Waals surface area contributed by atoms with E-state index in [4.69, 9.17) is 0 Å². The minimum atomic E-state index is -0.175. The van der Waals surface area contributed by atoms with Crippen LogP contribution in [0.25, 0.3) is 10.1 Å². The van der Waals surface area contributed by atoms with E-state index in [2.05, 4.69) is 24.9 Å². The van der Waals surface area contributed by atoms with Gasteiger partial charge in [0.05, 0.1) is 0 Å². The summed E-state index contributed by atoms with van der Waals surface area (Å²) < 4.78 is 14.3. The van der Waals surface area contributed by atoms with Crippen LogP contribution >= 0.6 is 11.3 Å². The third-order valence-electron chi connectivity index (χ3n) is 3.18. The van der Waals surface area contributed by atoms with Crippen LogP contribution in [0.15, 0.2) is 36.4 Å². The van der Waals surface area contributed by atoms with Gasteiger partial charge in [0.2, 0.25) is 0 Å². The van der Waals surface area contributed by atoms with Crippen molar-refractivity contribution in [1.82, 2.24) is 5.32 Å². The van der Waals surface area contributed by atoms with Crippen LogP contribution in [0.1, 0.15) is 30.7 Å². The molecule has 0 aliphatic carbocycles. The van der Waals surface area contributed by atoms with Crippen LogP contribution in [0.4, 0.5) is 4.39 Å². The Morgan fingerprint density at radius 3 is 2.89 bits per heavy atom. The van der Waals surface area contributed by atoms with Crippen molar-refractivity contribution in [1.29, 1.82) is 0 Å². The molecule has 0 saturated heterocycles. The average molecular weight is 263 g/mol. The first-order valence-corrected chi connectivity index (χ1v) is 6.98. The first-order chi connectivity index (χ1) is 8.63. The molecule has 1 heterocycles. The smallest absolute Gasteiger partial charge is 0.123 e. The molecular formula is C15H18FNS. The van der Waals surface area contributed by atoms with Gasteiger partial charge in [0.1, 0.15) is 5.82 Å². The zero-order valence-electron chi connectivity index (χ0n) is 10.8. The molecule has 18 heavy (non-hydrogen) atoms. The van der Waals surface area contributed by atoms with Crippen molar-refractivity contribution in [2.24, 2.45) is 0 Å². The lowest BCUT2D eigenvalue weighted by molar-refractivity contribution is 0.592. The summed E-state index contributed by atoms with van der Waals surface area (Å²) in [5, 5.41) is 4.30. The zero-order valence-corrected chi connectivity index (χ0v) is 11.6. The molecule has 0 aliphatic heterocycles. The third-order valence-corrected chi connectivity index (χ3v) is 4.41. The molecule has 1 aromatic carbocycles. The van der Waals surface area contributed by atoms with Gasteiger partial charge < -0.3 is 5.32 Å². The minimum absolute atomic E-state index is 0.175. The Hall–Kier alpha value is -1.19. The Labute approximate surface area is 111 Å². The van der Waals surface area contributed by atoms with Crippen molar-refractivity contribution in [2.45, 2.75) is 25.8 Å². The van der Waals surface area contributed by atoms with E-state index in [1.54, 1.807) is 17.4 Å². The fourth-order valence-corrected chi connectivity index (χ4v) is 3.14. The molecule has 1 unspecified atom stereocenters. The molecule has 0 amide bonds. The number of rotatable bonds is 5. The zero-order chi connectivity index (χ0) is 13.1. The van der Waals surface area contributed by atoms with Crippen LogP contribution in [0.3, 0.4) is 0 Å². The van der Waals surface area contributed by atoms with E-state index in [9.17, 15) is 4.39 Å². The van der Waals surface area contributed by atoms with Crippen molar-refractivity contribution in [3.05, 3.63) is 47.1 Å². The van der Waals surface area contributed by atoms with E-state index in [1.807, 2.05) is 13.1 Å². The summed E-state index contributed by atoms with van der Waals surface area (Å²) in [6, 6.07) is 7.31. The molecule has 0 fully saturated rings. The third kappa shape index (κ3) is 2.79. The highest BCUT2D eigenvalue weighted by atomic mass is 32.1. The maximum Gasteiger partial charge on any atom is 0.123 e. The Balaban J connectivity index is 2.30. The van der Waals surface area contributed by atoms with Gasteiger partial charge in [0, 0.05) is 15.6 Å². The van der Waals surface area contributed by atoms with Gasteiger partial charge in [-0.1, -0.05) is 19.1 Å². The fourth-order valence-electron chi connectivity index (χ4n) is 1.98. The number of benzene rings is 1. The molecular weight excluding hydrogens is 245 g/mol. The van der Waals surface area contributed by atoms with E-state index in [1.165, 1.54) is 16.5 Å². The summed E-state index contributed by atoms with van der Waals surface area (Å²) in [6.07, 6.45) is 1.93. The molecule has 0 radical (unpaired) electrons. The van der Waals surface area contributed by atoms with Gasteiger partial charge in [0.15, 0.2) is 0 Å². The molecule has 0 spiro atoms. The number of hydrogen-bond acceptors (Lipinski definition) is 2. The van der Waals surface area contributed by atoms with E-state index >= 15 is 0 Å². The molecule has 96 valence electrons. The quantitative estimate of drug-likeness (QED) is 0.774. The van der Waals surface area contributed by atoms with Crippen molar-refractivity contribution in [3.63, 3.8) is 0 Å². The number of halogens is 1. The number of nitrogens with one attached hydrogen (secondary N) is 1. The molecule has 0 saturated carbocycles. The van der Waals surface area contributed by atoms with Gasteiger partial charge >= 0.3 is 0 Å². The first-order valence-electron chi connectivity index (χ1n) is 6.17. The van der Waals surface area contributed by atoms with Crippen molar-refractivity contribution >= 4 is 21.4 Å². The second-order valence-electron chi connectivity index (χ2n) is 4.48. The SMILES string of the molecule is C=C(CC)CC(NC)c1cc2cc(F)ccc2s1. The van der Waals surface area contributed by atoms with Crippen molar-refractivity contribution in [3.8, 4) is 0 Å². The van der Waals surface area contributed by atoms with Gasteiger partial charge in [-0.25, -0.2) is 4.39 Å². The van der Waals surface area contributed by atoms with Gasteiger partial charge in [-0.15, -0.1) is 11.3 Å². The predicted molar refractivity (Wildman–Crippen MR) is 77.6 cm³/mol. The molecule has 2 rings (SSSR count). The minimum Gasteiger partial charge on any atom is -0.312 e. The molecule has 0 aliphatic rings. The summed E-state index contributed by atoms with van der Waals surface area (Å²) in [5.41, 5.74) is 1.23. The topological polar surface area (TPSA) is 12.0 Å². The second kappa shape index (κ2) is 5.63. The summed E-state index contributed by atoms with van der Waals surface area (Å²) in [7, 11) is 1.96. The lowest BCUT2D eigenvalue weighted by Gasteiger charge is -2.15. The Morgan fingerprint density at radius 2 is 2.22 bits per heavy atom. The van der Waals surface area contributed by atoms with E-state index in [-0.39, 0.29) is 11.9 Å². The molecule has 3 heteroatoms. The van der Waals surface area contributed by atoms with Crippen LogP contribution < -0.4 is 5.32 Å². The molecule has 2 aromatic rings. The Morgan fingerprint density at radius 1 is 1.44 bits per heavy atom. The van der Waals surface area contributed by atoms with E-state index in [0.29, 0.717) is 0 Å². The van der Waals surface area contributed by atoms with Crippen LogP contribution in [-0.2, 0) is 0 Å². The van der Waals surface area contributed by atoms with Crippen molar-refractivity contribution in [2.75, 3.05) is 7.05 Å². The number of hydrogen-bond donors (Lipinski definition) is 1. The largest absolute Gasteiger partial charge is 0.312 e. The summed E-state index contributed by atoms with van der Waals surface area (Å²) in [5.74, 6) is -0.175. The first kappa shape index (κ1) is 13.2. The summed E-state index contributed by atoms with van der Waals surface area (Å²) in [6.45, 7) is 6.18. The summed E-state index contributed by atoms with van der Waals surface area (Å²) >= 11 is 1.72. The average Bonchev–Trinajstić information content (AvgIpc) is 2.78. The molecule has 1 N–H and O–H groups in total. The summed E-state index contributed by atoms with van der Waals surface area (Å²) in [4.78, 5) is 1.24. The van der Waals surface area contributed by atoms with Crippen LogP contribution in [0.5, 0.6) is 0 Å². The molecule has 1 aromatic heterocycles. The lowest BCUT2D eigenvalue weighted by atomic mass is 10.0. The van der Waals surface area contributed by atoms with Gasteiger partial charge in [0.25, 0.3) is 0 Å². The Kier molecular flexibility index (Phi) is 4.15. The predicted octanol–water partition coefficient (Wildman–Crippen LogP) is 4.66. The normalized spacial score (nSPS) is 12.8. The highest BCUT2D eigenvalue weighted by Gasteiger charge is 2.13. The van der Waals surface area contributed by atoms with Crippen LogP contribution in [0, 0.1) is 5.82 Å². The number of fused-ring (bicyclic) bond motifs is 1. The molecule has 1 atom stereocenters. The van der Waals surface area contributed by atoms with Gasteiger partial charge in [-0.3, -0.25) is 0 Å². The van der Waals surface area contributed by atoms with Crippen LogP contribution in [0.2, 0.25) is 0 Å². The van der Waals surface area contributed by atoms with Crippen molar-refractivity contribution < 1.29 is 4.39 Å². The highest BCUT2D eigenvalue weighted by Crippen LogP contribution is 2.33. The van der Waals surface area contributed by atoms with Crippen LogP contribution in [-0.4, -0.2) is 7.05 Å². The van der Waals surface area contributed by atoms with E-state index in [0.717, 1.165) is 22.9 Å².